The first-order valence-corrected chi connectivity index (χ1v) is 14.0. The van der Waals surface area contributed by atoms with Crippen LogP contribution < -0.4 is 31.9 Å². The van der Waals surface area contributed by atoms with Crippen molar-refractivity contribution < 1.29 is 21.5 Å². The highest BCUT2D eigenvalue weighted by atomic mass is 79.9. The highest BCUT2D eigenvalue weighted by Crippen LogP contribution is 2.18. The van der Waals surface area contributed by atoms with Crippen molar-refractivity contribution in [3.8, 4) is 0 Å². The van der Waals surface area contributed by atoms with E-state index in [1.54, 1.807) is 12.7 Å². The van der Waals surface area contributed by atoms with Crippen LogP contribution in [0.3, 0.4) is 0 Å². The van der Waals surface area contributed by atoms with E-state index in [0.717, 1.165) is 25.0 Å². The predicted molar refractivity (Wildman–Crippen MR) is 154 cm³/mol. The van der Waals surface area contributed by atoms with Gasteiger partial charge in [-0.3, -0.25) is 5.41 Å². The molecule has 1 aliphatic rings. The molecule has 0 radical (unpaired) electrons. The number of benzene rings is 2. The molecule has 1 aliphatic heterocycles. The Morgan fingerprint density at radius 3 is 2.02 bits per heavy atom. The van der Waals surface area contributed by atoms with E-state index in [1.807, 2.05) is 4.57 Å². The Morgan fingerprint density at radius 2 is 1.38 bits per heavy atom. The first-order chi connectivity index (χ1) is 19.2. The minimum Gasteiger partial charge on any atom is -1.00 e. The van der Waals surface area contributed by atoms with Gasteiger partial charge in [-0.1, -0.05) is 48.5 Å². The molecule has 8 heteroatoms. The molecule has 1 saturated heterocycles. The number of hydrogen-bond donors (Lipinski definition) is 2. The molecule has 3 aromatic heterocycles. The lowest BCUT2D eigenvalue weighted by Gasteiger charge is -2.16. The fraction of sp³-hybridized carbons (Fsp3) is 0.312. The smallest absolute Gasteiger partial charge is 0.173 e. The van der Waals surface area contributed by atoms with E-state index >= 15 is 0 Å². The molecular weight excluding hydrogens is 562 g/mol. The molecule has 0 atom stereocenters. The molecule has 5 aromatic rings. The average molecular weight is 599 g/mol. The number of anilines is 1. The largest absolute Gasteiger partial charge is 1.00 e. The van der Waals surface area contributed by atoms with Gasteiger partial charge in [0.1, 0.15) is 5.52 Å². The summed E-state index contributed by atoms with van der Waals surface area (Å²) in [5, 5.41) is 7.90. The van der Waals surface area contributed by atoms with Crippen LogP contribution in [0.25, 0.3) is 11.2 Å². The molecule has 0 amide bonds. The number of halogens is 1. The molecule has 0 unspecified atom stereocenters. The number of aromatic amines is 1. The molecule has 4 heterocycles. The predicted octanol–water partition coefficient (Wildman–Crippen LogP) is 1.79. The van der Waals surface area contributed by atoms with Gasteiger partial charge in [0.25, 0.3) is 0 Å². The zero-order valence-corrected chi connectivity index (χ0v) is 24.4. The van der Waals surface area contributed by atoms with Crippen LogP contribution in [0.2, 0.25) is 0 Å². The summed E-state index contributed by atoms with van der Waals surface area (Å²) in [7, 11) is 0. The van der Waals surface area contributed by atoms with Crippen molar-refractivity contribution in [3.05, 3.63) is 113 Å². The zero-order valence-electron chi connectivity index (χ0n) is 22.8. The normalized spacial score (nSPS) is 13.1. The number of aryl methyl sites for hydroxylation is 2. The van der Waals surface area contributed by atoms with Crippen LogP contribution in [0.5, 0.6) is 0 Å². The van der Waals surface area contributed by atoms with Gasteiger partial charge in [0.15, 0.2) is 30.1 Å². The molecule has 0 spiro atoms. The number of imidazole rings is 1. The van der Waals surface area contributed by atoms with E-state index in [2.05, 4.69) is 97.5 Å². The fourth-order valence-corrected chi connectivity index (χ4v) is 5.47. The minimum atomic E-state index is 0. The van der Waals surface area contributed by atoms with E-state index < -0.39 is 0 Å². The van der Waals surface area contributed by atoms with Crippen LogP contribution in [0, 0.1) is 5.41 Å². The minimum absolute atomic E-state index is 0. The second-order valence-electron chi connectivity index (χ2n) is 10.6. The molecule has 2 N–H and O–H groups in total. The summed E-state index contributed by atoms with van der Waals surface area (Å²) in [5.41, 5.74) is 8.33. The Balaban J connectivity index is 0.00000323. The van der Waals surface area contributed by atoms with Crippen molar-refractivity contribution in [1.82, 2.24) is 19.5 Å². The maximum atomic E-state index is 7.90. The van der Waals surface area contributed by atoms with Crippen LogP contribution in [0.15, 0.2) is 85.7 Å². The topological polar surface area (TPSA) is 77.5 Å². The average Bonchev–Trinajstić information content (AvgIpc) is 3.69. The summed E-state index contributed by atoms with van der Waals surface area (Å²) in [4.78, 5) is 14.0. The van der Waals surface area contributed by atoms with Gasteiger partial charge in [0.2, 0.25) is 0 Å². The van der Waals surface area contributed by atoms with Gasteiger partial charge in [0, 0.05) is 36.5 Å². The molecule has 0 aliphatic carbocycles. The van der Waals surface area contributed by atoms with Crippen molar-refractivity contribution in [2.45, 2.75) is 51.6 Å². The van der Waals surface area contributed by atoms with E-state index in [0.29, 0.717) is 12.1 Å². The quantitative estimate of drug-likeness (QED) is 0.190. The molecule has 2 aromatic carbocycles. The Kier molecular flexibility index (Phi) is 9.06. The molecule has 1 fully saturated rings. The molecule has 0 saturated carbocycles. The van der Waals surface area contributed by atoms with Gasteiger partial charge in [-0.25, -0.2) is 14.5 Å². The zero-order chi connectivity index (χ0) is 26.4. The summed E-state index contributed by atoms with van der Waals surface area (Å²) in [5.74, 6) is 0. The number of nitrogens with zero attached hydrogens (tertiary/aromatic N) is 5. The second-order valence-corrected chi connectivity index (χ2v) is 10.6. The van der Waals surface area contributed by atoms with Crippen LogP contribution in [-0.2, 0) is 25.9 Å². The maximum absolute atomic E-state index is 7.90. The van der Waals surface area contributed by atoms with E-state index in [-0.39, 0.29) is 22.5 Å². The Morgan fingerprint density at radius 1 is 0.775 bits per heavy atom. The first kappa shape index (κ1) is 27.8. The molecular formula is C32H36BrN7. The number of pyridine rings is 1. The Bertz CT molecular complexity index is 1570. The number of aromatic nitrogens is 5. The van der Waals surface area contributed by atoms with E-state index in [9.17, 15) is 0 Å². The van der Waals surface area contributed by atoms with Gasteiger partial charge >= 0.3 is 0 Å². The summed E-state index contributed by atoms with van der Waals surface area (Å²) in [6.45, 7) is 3.98. The van der Waals surface area contributed by atoms with Gasteiger partial charge in [0.05, 0.1) is 19.2 Å². The van der Waals surface area contributed by atoms with Crippen LogP contribution in [-0.4, -0.2) is 32.6 Å². The van der Waals surface area contributed by atoms with Crippen LogP contribution >= 0.6 is 0 Å². The van der Waals surface area contributed by atoms with Crippen molar-refractivity contribution in [3.63, 3.8) is 0 Å². The summed E-state index contributed by atoms with van der Waals surface area (Å²) >= 11 is 0. The maximum Gasteiger partial charge on any atom is 0.173 e. The van der Waals surface area contributed by atoms with Crippen molar-refractivity contribution in [1.29, 1.82) is 5.41 Å². The molecule has 6 rings (SSSR count). The third-order valence-electron chi connectivity index (χ3n) is 7.74. The van der Waals surface area contributed by atoms with Gasteiger partial charge in [-0.2, -0.15) is 0 Å². The van der Waals surface area contributed by atoms with Gasteiger partial charge in [-0.15, -0.1) is 0 Å². The third kappa shape index (κ3) is 6.67. The lowest BCUT2D eigenvalue weighted by atomic mass is 10.0. The summed E-state index contributed by atoms with van der Waals surface area (Å²) < 4.78 is 4.24. The molecule has 206 valence electrons. The standard InChI is InChI=1S/C32H36N7.BrH/c33-31-30-32(35-23-34-30)39(24-36-31)22-28-13-9-26(10-14-28)6-2-1-5-25-7-11-27(12-8-25)21-37-19-15-29(16-20-37)38-17-3-4-18-38;/h7-16,19-20,23-24,33H,1-6,17-18,21-22H2,(H,34,35);1H/q+1;/p-1. The lowest BCUT2D eigenvalue weighted by molar-refractivity contribution is -0.688. The third-order valence-corrected chi connectivity index (χ3v) is 7.74. The highest BCUT2D eigenvalue weighted by Gasteiger charge is 2.13. The van der Waals surface area contributed by atoms with Crippen LogP contribution in [0.4, 0.5) is 5.69 Å². The number of hydrogen-bond acceptors (Lipinski definition) is 4. The molecule has 40 heavy (non-hydrogen) atoms. The summed E-state index contributed by atoms with van der Waals surface area (Å²) in [6, 6.07) is 22.5. The lowest BCUT2D eigenvalue weighted by Crippen LogP contribution is -3.00. The fourth-order valence-electron chi connectivity index (χ4n) is 5.47. The number of fused-ring (bicyclic) bond motifs is 1. The second kappa shape index (κ2) is 13.0. The molecule has 7 nitrogen and oxygen atoms in total. The number of unbranched alkanes of at least 4 members (excludes halogenated alkanes) is 1. The van der Waals surface area contributed by atoms with Crippen molar-refractivity contribution in [2.24, 2.45) is 0 Å². The highest BCUT2D eigenvalue weighted by molar-refractivity contribution is 5.68. The summed E-state index contributed by atoms with van der Waals surface area (Å²) in [6.07, 6.45) is 14.9. The van der Waals surface area contributed by atoms with Gasteiger partial charge in [-0.05, 0) is 55.2 Å². The van der Waals surface area contributed by atoms with Gasteiger partial charge < -0.3 is 31.4 Å². The van der Waals surface area contributed by atoms with Crippen LogP contribution in [0.1, 0.15) is 47.9 Å². The number of rotatable bonds is 10. The van der Waals surface area contributed by atoms with Crippen molar-refractivity contribution in [2.75, 3.05) is 18.0 Å². The first-order valence-electron chi connectivity index (χ1n) is 14.0. The van der Waals surface area contributed by atoms with E-state index in [1.165, 1.54) is 66.7 Å². The number of H-pyrrole nitrogens is 1. The Labute approximate surface area is 245 Å². The Hall–Kier alpha value is -3.78. The molecule has 0 bridgehead atoms. The SMILES string of the molecule is N=c1ncn(Cc2ccc(CCCCc3ccc(C[n+]4ccc(N5CCCC5)cc4)cc3)cc2)c2nc[nH]c12.[Br-]. The van der Waals surface area contributed by atoms with Crippen molar-refractivity contribution >= 4 is 16.9 Å². The van der Waals surface area contributed by atoms with E-state index in [4.69, 9.17) is 5.41 Å². The monoisotopic (exact) mass is 597 g/mol. The number of nitrogens with one attached hydrogen (secondary N) is 2.